The largest absolute Gasteiger partial charge is 0.508 e. The maximum atomic E-state index is 12.8. The Morgan fingerprint density at radius 2 is 1.81 bits per heavy atom. The third-order valence-electron chi connectivity index (χ3n) is 3.47. The van der Waals surface area contributed by atoms with Crippen LogP contribution in [0.5, 0.6) is 5.75 Å². The fraction of sp³-hybridized carbons (Fsp3) is 0.200. The molecule has 3 N–H and O–H groups in total. The van der Waals surface area contributed by atoms with Crippen LogP contribution in [0, 0.1) is 13.8 Å². The summed E-state index contributed by atoms with van der Waals surface area (Å²) in [4.78, 5) is 0.172. The zero-order valence-electron chi connectivity index (χ0n) is 12.2. The number of nitrogens with two attached hydrogens (primary N) is 1. The lowest BCUT2D eigenvalue weighted by atomic mass is 10.1. The molecule has 0 spiro atoms. The molecule has 21 heavy (non-hydrogen) atoms. The molecule has 0 radical (unpaired) electrons. The Morgan fingerprint density at radius 1 is 1.14 bits per heavy atom. The van der Waals surface area contributed by atoms with E-state index in [1.807, 2.05) is 6.92 Å². The Balaban J connectivity index is 2.57. The van der Waals surface area contributed by atoms with Crippen LogP contribution < -0.4 is 10.0 Å². The van der Waals surface area contributed by atoms with Crippen LogP contribution in [0.25, 0.3) is 0 Å². The van der Waals surface area contributed by atoms with Gasteiger partial charge in [0.25, 0.3) is 10.0 Å². The number of nitrogen functional groups attached to an aromatic ring is 1. The molecule has 0 fully saturated rings. The number of hydrogen-bond acceptors (Lipinski definition) is 4. The minimum atomic E-state index is -3.74. The molecule has 0 saturated heterocycles. The highest BCUT2D eigenvalue weighted by atomic mass is 32.2. The van der Waals surface area contributed by atoms with Gasteiger partial charge in [0.15, 0.2) is 0 Å². The van der Waals surface area contributed by atoms with Crippen LogP contribution in [0.2, 0.25) is 0 Å². The van der Waals surface area contributed by atoms with Gasteiger partial charge in [-0.2, -0.15) is 0 Å². The Morgan fingerprint density at radius 3 is 2.43 bits per heavy atom. The van der Waals surface area contributed by atoms with E-state index in [2.05, 4.69) is 0 Å². The molecular formula is C15H18N2O3S. The second-order valence-corrected chi connectivity index (χ2v) is 6.89. The second kappa shape index (κ2) is 5.29. The van der Waals surface area contributed by atoms with Crippen molar-refractivity contribution in [1.29, 1.82) is 0 Å². The lowest BCUT2D eigenvalue weighted by molar-refractivity contribution is 0.475. The molecule has 0 aliphatic carbocycles. The number of anilines is 2. The number of hydrogen-bond donors (Lipinski definition) is 2. The molecule has 0 saturated carbocycles. The van der Waals surface area contributed by atoms with Gasteiger partial charge in [0.2, 0.25) is 0 Å². The molecule has 0 aliphatic heterocycles. The average molecular weight is 306 g/mol. The summed E-state index contributed by atoms with van der Waals surface area (Å²) >= 11 is 0. The van der Waals surface area contributed by atoms with Crippen LogP contribution in [0.15, 0.2) is 41.3 Å². The first-order valence-corrected chi connectivity index (χ1v) is 7.82. The minimum absolute atomic E-state index is 0.00929. The topological polar surface area (TPSA) is 83.6 Å². The van der Waals surface area contributed by atoms with Crippen molar-refractivity contribution in [3.05, 3.63) is 47.5 Å². The summed E-state index contributed by atoms with van der Waals surface area (Å²) < 4.78 is 26.6. The third kappa shape index (κ3) is 2.80. The van der Waals surface area contributed by atoms with Crippen molar-refractivity contribution in [2.24, 2.45) is 0 Å². The van der Waals surface area contributed by atoms with Crippen molar-refractivity contribution in [3.63, 3.8) is 0 Å². The number of sulfonamides is 1. The van der Waals surface area contributed by atoms with Crippen LogP contribution in [0.3, 0.4) is 0 Å². The second-order valence-electron chi connectivity index (χ2n) is 4.95. The highest BCUT2D eigenvalue weighted by Crippen LogP contribution is 2.29. The molecule has 5 nitrogen and oxygen atoms in total. The van der Waals surface area contributed by atoms with E-state index in [4.69, 9.17) is 5.73 Å². The number of aryl methyl sites for hydroxylation is 1. The molecule has 0 amide bonds. The van der Waals surface area contributed by atoms with E-state index >= 15 is 0 Å². The molecule has 0 atom stereocenters. The molecule has 0 unspecified atom stereocenters. The normalized spacial score (nSPS) is 11.4. The number of rotatable bonds is 3. The quantitative estimate of drug-likeness (QED) is 0.853. The van der Waals surface area contributed by atoms with Gasteiger partial charge >= 0.3 is 0 Å². The van der Waals surface area contributed by atoms with Crippen molar-refractivity contribution in [2.45, 2.75) is 18.7 Å². The minimum Gasteiger partial charge on any atom is -0.508 e. The van der Waals surface area contributed by atoms with Crippen molar-refractivity contribution in [1.82, 2.24) is 0 Å². The monoisotopic (exact) mass is 306 g/mol. The summed E-state index contributed by atoms with van der Waals surface area (Å²) in [6.45, 7) is 3.57. The summed E-state index contributed by atoms with van der Waals surface area (Å²) in [7, 11) is -2.30. The van der Waals surface area contributed by atoms with Crippen LogP contribution in [0.4, 0.5) is 11.4 Å². The van der Waals surface area contributed by atoms with E-state index in [0.717, 1.165) is 9.87 Å². The lowest BCUT2D eigenvalue weighted by Crippen LogP contribution is -2.27. The van der Waals surface area contributed by atoms with Crippen molar-refractivity contribution in [2.75, 3.05) is 17.1 Å². The number of phenolic OH excluding ortho intramolecular Hbond substituents is 1. The van der Waals surface area contributed by atoms with E-state index in [9.17, 15) is 13.5 Å². The molecule has 6 heteroatoms. The molecule has 0 heterocycles. The lowest BCUT2D eigenvalue weighted by Gasteiger charge is -2.21. The van der Waals surface area contributed by atoms with Crippen molar-refractivity contribution >= 4 is 21.4 Å². The Labute approximate surface area is 124 Å². The Hall–Kier alpha value is -2.21. The number of phenols is 1. The maximum Gasteiger partial charge on any atom is 0.264 e. The van der Waals surface area contributed by atoms with Crippen LogP contribution in [-0.2, 0) is 10.0 Å². The SMILES string of the molecule is Cc1cc(N)cc(S(=O)(=O)N(C)c2cccc(O)c2)c1C. The first-order valence-electron chi connectivity index (χ1n) is 6.38. The summed E-state index contributed by atoms with van der Waals surface area (Å²) in [6.07, 6.45) is 0. The number of aromatic hydroxyl groups is 1. The molecule has 2 aromatic carbocycles. The highest BCUT2D eigenvalue weighted by molar-refractivity contribution is 7.92. The van der Waals surface area contributed by atoms with Crippen LogP contribution >= 0.6 is 0 Å². The van der Waals surface area contributed by atoms with Gasteiger partial charge in [-0.15, -0.1) is 0 Å². The van der Waals surface area contributed by atoms with Gasteiger partial charge in [-0.05, 0) is 49.2 Å². The van der Waals surface area contributed by atoms with Gasteiger partial charge in [0.05, 0.1) is 10.6 Å². The fourth-order valence-electron chi connectivity index (χ4n) is 2.10. The Bertz CT molecular complexity index is 786. The first kappa shape index (κ1) is 15.2. The fourth-order valence-corrected chi connectivity index (χ4v) is 3.62. The van der Waals surface area contributed by atoms with E-state index in [1.165, 1.54) is 25.2 Å². The van der Waals surface area contributed by atoms with E-state index in [-0.39, 0.29) is 10.6 Å². The molecule has 0 aromatic heterocycles. The molecule has 0 bridgehead atoms. The third-order valence-corrected chi connectivity index (χ3v) is 5.39. The summed E-state index contributed by atoms with van der Waals surface area (Å²) in [6, 6.07) is 9.28. The average Bonchev–Trinajstić information content (AvgIpc) is 2.41. The summed E-state index contributed by atoms with van der Waals surface area (Å²) in [5.41, 5.74) is 8.03. The maximum absolute atomic E-state index is 12.8. The van der Waals surface area contributed by atoms with Crippen LogP contribution in [-0.4, -0.2) is 20.6 Å². The molecule has 2 rings (SSSR count). The molecular weight excluding hydrogens is 288 g/mol. The smallest absolute Gasteiger partial charge is 0.264 e. The molecule has 0 aliphatic rings. The first-order chi connectivity index (χ1) is 9.73. The van der Waals surface area contributed by atoms with Crippen molar-refractivity contribution in [3.8, 4) is 5.75 Å². The standard InChI is InChI=1S/C15H18N2O3S/c1-10-7-12(16)8-15(11(10)2)21(19,20)17(3)13-5-4-6-14(18)9-13/h4-9,18H,16H2,1-3H3. The number of benzene rings is 2. The predicted octanol–water partition coefficient (Wildman–Crippen LogP) is 2.42. The van der Waals surface area contributed by atoms with E-state index in [1.54, 1.807) is 25.1 Å². The zero-order valence-corrected chi connectivity index (χ0v) is 13.0. The number of nitrogens with zero attached hydrogens (tertiary/aromatic N) is 1. The predicted molar refractivity (Wildman–Crippen MR) is 84.0 cm³/mol. The van der Waals surface area contributed by atoms with Gasteiger partial charge in [-0.1, -0.05) is 6.07 Å². The summed E-state index contributed by atoms with van der Waals surface area (Å²) in [5, 5.41) is 9.50. The van der Waals surface area contributed by atoms with Gasteiger partial charge < -0.3 is 10.8 Å². The highest BCUT2D eigenvalue weighted by Gasteiger charge is 2.24. The molecule has 112 valence electrons. The summed E-state index contributed by atoms with van der Waals surface area (Å²) in [5.74, 6) is 0.00929. The molecule has 2 aromatic rings. The van der Waals surface area contributed by atoms with Gasteiger partial charge in [-0.3, -0.25) is 4.31 Å². The Kier molecular flexibility index (Phi) is 3.82. The van der Waals surface area contributed by atoms with Gasteiger partial charge in [0.1, 0.15) is 5.75 Å². The van der Waals surface area contributed by atoms with Crippen LogP contribution in [0.1, 0.15) is 11.1 Å². The van der Waals surface area contributed by atoms with E-state index < -0.39 is 10.0 Å². The van der Waals surface area contributed by atoms with Gasteiger partial charge in [-0.25, -0.2) is 8.42 Å². The zero-order chi connectivity index (χ0) is 15.8. The van der Waals surface area contributed by atoms with E-state index in [0.29, 0.717) is 16.9 Å². The van der Waals surface area contributed by atoms with Gasteiger partial charge in [0, 0.05) is 18.8 Å². The van der Waals surface area contributed by atoms with Crippen molar-refractivity contribution < 1.29 is 13.5 Å².